The molecule has 0 aliphatic carbocycles. The Hall–Kier alpha value is -3.71. The second-order valence-corrected chi connectivity index (χ2v) is 6.76. The number of rotatable bonds is 5. The van der Waals surface area contributed by atoms with E-state index in [1.807, 2.05) is 0 Å². The molecule has 0 saturated carbocycles. The van der Waals surface area contributed by atoms with Crippen molar-refractivity contribution in [1.82, 2.24) is 4.90 Å². The summed E-state index contributed by atoms with van der Waals surface area (Å²) in [4.78, 5) is 36.8. The number of amides is 2. The van der Waals surface area contributed by atoms with Gasteiger partial charge in [-0.3, -0.25) is 24.6 Å². The predicted molar refractivity (Wildman–Crippen MR) is 105 cm³/mol. The molecular formula is C21H13ClN2O5. The van der Waals surface area contributed by atoms with Gasteiger partial charge in [0.05, 0.1) is 22.6 Å². The Bertz CT molecular complexity index is 1140. The number of nitrogens with zero attached hydrogens (tertiary/aromatic N) is 2. The molecule has 2 amide bonds. The molecule has 0 N–H and O–H groups in total. The number of fused-ring (bicyclic) bond motifs is 1. The summed E-state index contributed by atoms with van der Waals surface area (Å²) in [7, 11) is 0. The molecule has 144 valence electrons. The van der Waals surface area contributed by atoms with Gasteiger partial charge in [0.25, 0.3) is 17.5 Å². The molecule has 8 heteroatoms. The van der Waals surface area contributed by atoms with Gasteiger partial charge in [-0.25, -0.2) is 0 Å². The largest absolute Gasteiger partial charge is 0.457 e. The molecule has 0 spiro atoms. The van der Waals surface area contributed by atoms with Gasteiger partial charge in [0.1, 0.15) is 11.5 Å². The van der Waals surface area contributed by atoms with Crippen molar-refractivity contribution in [3.8, 4) is 11.5 Å². The summed E-state index contributed by atoms with van der Waals surface area (Å²) in [5.41, 5.74) is 1.15. The highest BCUT2D eigenvalue weighted by molar-refractivity contribution is 6.31. The van der Waals surface area contributed by atoms with Crippen LogP contribution in [0.15, 0.2) is 66.7 Å². The number of nitro groups is 1. The Morgan fingerprint density at radius 1 is 0.897 bits per heavy atom. The zero-order valence-corrected chi connectivity index (χ0v) is 15.6. The molecule has 0 saturated heterocycles. The Morgan fingerprint density at radius 3 is 2.24 bits per heavy atom. The maximum absolute atomic E-state index is 12.8. The first kappa shape index (κ1) is 18.6. The van der Waals surface area contributed by atoms with E-state index in [2.05, 4.69) is 0 Å². The second kappa shape index (κ2) is 7.37. The molecule has 3 aromatic rings. The van der Waals surface area contributed by atoms with Crippen LogP contribution in [0.4, 0.5) is 5.69 Å². The Morgan fingerprint density at radius 2 is 1.55 bits per heavy atom. The van der Waals surface area contributed by atoms with E-state index >= 15 is 0 Å². The minimum absolute atomic E-state index is 0.0534. The Labute approximate surface area is 170 Å². The smallest absolute Gasteiger partial charge is 0.269 e. The monoisotopic (exact) mass is 408 g/mol. The molecule has 29 heavy (non-hydrogen) atoms. The average molecular weight is 409 g/mol. The predicted octanol–water partition coefficient (Wildman–Crippen LogP) is 4.84. The number of halogens is 1. The number of ether oxygens (including phenoxy) is 1. The summed E-state index contributed by atoms with van der Waals surface area (Å²) < 4.78 is 5.67. The lowest BCUT2D eigenvalue weighted by Gasteiger charge is -2.14. The lowest BCUT2D eigenvalue weighted by Crippen LogP contribution is -2.29. The molecule has 3 aromatic carbocycles. The molecule has 7 nitrogen and oxygen atoms in total. The van der Waals surface area contributed by atoms with Gasteiger partial charge in [0.15, 0.2) is 0 Å². The fourth-order valence-electron chi connectivity index (χ4n) is 3.05. The third-order valence-electron chi connectivity index (χ3n) is 4.51. The zero-order valence-electron chi connectivity index (χ0n) is 14.9. The molecule has 0 unspecified atom stereocenters. The minimum atomic E-state index is -0.503. The number of imide groups is 1. The zero-order chi connectivity index (χ0) is 20.5. The van der Waals surface area contributed by atoms with Crippen LogP contribution in [0.5, 0.6) is 11.5 Å². The molecule has 0 bridgehead atoms. The number of carbonyl (C=O) groups is 2. The van der Waals surface area contributed by atoms with Crippen LogP contribution >= 0.6 is 11.6 Å². The number of benzene rings is 3. The van der Waals surface area contributed by atoms with Gasteiger partial charge in [0.2, 0.25) is 0 Å². The molecule has 0 aromatic heterocycles. The summed E-state index contributed by atoms with van der Waals surface area (Å²) in [6.45, 7) is 0.0740. The van der Waals surface area contributed by atoms with Gasteiger partial charge in [-0.15, -0.1) is 0 Å². The summed E-state index contributed by atoms with van der Waals surface area (Å²) in [5, 5.41) is 11.2. The highest BCUT2D eigenvalue weighted by Crippen LogP contribution is 2.31. The van der Waals surface area contributed by atoms with Gasteiger partial charge in [-0.2, -0.15) is 0 Å². The lowest BCUT2D eigenvalue weighted by molar-refractivity contribution is -0.384. The van der Waals surface area contributed by atoms with Crippen molar-refractivity contribution >= 4 is 29.1 Å². The third-order valence-corrected chi connectivity index (χ3v) is 4.88. The highest BCUT2D eigenvalue weighted by Gasteiger charge is 2.36. The van der Waals surface area contributed by atoms with Crippen LogP contribution in [-0.4, -0.2) is 21.6 Å². The Balaban J connectivity index is 1.56. The van der Waals surface area contributed by atoms with Gasteiger partial charge in [-0.05, 0) is 42.0 Å². The number of nitro benzene ring substituents is 1. The first-order chi connectivity index (χ1) is 13.9. The van der Waals surface area contributed by atoms with Crippen LogP contribution in [0.2, 0.25) is 5.02 Å². The van der Waals surface area contributed by atoms with Crippen molar-refractivity contribution in [3.05, 3.63) is 98.6 Å². The number of hydrogen-bond donors (Lipinski definition) is 0. The molecule has 1 heterocycles. The first-order valence-electron chi connectivity index (χ1n) is 8.60. The third kappa shape index (κ3) is 3.55. The van der Waals surface area contributed by atoms with Gasteiger partial charge < -0.3 is 4.74 Å². The minimum Gasteiger partial charge on any atom is -0.457 e. The highest BCUT2D eigenvalue weighted by atomic mass is 35.5. The number of hydrogen-bond acceptors (Lipinski definition) is 5. The number of carbonyl (C=O) groups excluding carboxylic acids is 2. The van der Waals surface area contributed by atoms with E-state index in [0.29, 0.717) is 22.1 Å². The van der Waals surface area contributed by atoms with Crippen molar-refractivity contribution in [2.24, 2.45) is 0 Å². The van der Waals surface area contributed by atoms with Crippen molar-refractivity contribution in [3.63, 3.8) is 0 Å². The number of non-ortho nitro benzene ring substituents is 1. The van der Waals surface area contributed by atoms with E-state index in [4.69, 9.17) is 16.3 Å². The van der Waals surface area contributed by atoms with Crippen LogP contribution in [0.1, 0.15) is 26.3 Å². The van der Waals surface area contributed by atoms with Crippen LogP contribution in [-0.2, 0) is 6.54 Å². The van der Waals surface area contributed by atoms with Gasteiger partial charge >= 0.3 is 0 Å². The van der Waals surface area contributed by atoms with Crippen LogP contribution in [0.3, 0.4) is 0 Å². The molecule has 0 atom stereocenters. The maximum Gasteiger partial charge on any atom is 0.269 e. The van der Waals surface area contributed by atoms with Crippen LogP contribution < -0.4 is 4.74 Å². The standard InChI is InChI=1S/C21H13ClN2O5/c22-19-4-2-1-3-13(19)12-23-20(25)17-10-9-16(11-18(17)21(23)26)29-15-7-5-14(6-8-15)24(27)28/h1-11H,12H2. The average Bonchev–Trinajstić information content (AvgIpc) is 2.94. The quantitative estimate of drug-likeness (QED) is 0.342. The van der Waals surface area contributed by atoms with E-state index in [1.54, 1.807) is 30.3 Å². The van der Waals surface area contributed by atoms with Crippen LogP contribution in [0, 0.1) is 10.1 Å². The van der Waals surface area contributed by atoms with Crippen molar-refractivity contribution in [1.29, 1.82) is 0 Å². The molecule has 0 fully saturated rings. The summed E-state index contributed by atoms with van der Waals surface area (Å²) in [6.07, 6.45) is 0. The van der Waals surface area contributed by atoms with Crippen molar-refractivity contribution < 1.29 is 19.2 Å². The van der Waals surface area contributed by atoms with Crippen LogP contribution in [0.25, 0.3) is 0 Å². The van der Waals surface area contributed by atoms with E-state index < -0.39 is 16.7 Å². The van der Waals surface area contributed by atoms with E-state index in [0.717, 1.165) is 4.90 Å². The molecule has 1 aliphatic heterocycles. The topological polar surface area (TPSA) is 89.7 Å². The summed E-state index contributed by atoms with van der Waals surface area (Å²) in [6, 6.07) is 17.2. The van der Waals surface area contributed by atoms with Gasteiger partial charge in [0, 0.05) is 17.2 Å². The Kier molecular flexibility index (Phi) is 4.74. The second-order valence-electron chi connectivity index (χ2n) is 6.35. The normalized spacial score (nSPS) is 12.8. The van der Waals surface area contributed by atoms with Crippen molar-refractivity contribution in [2.45, 2.75) is 6.54 Å². The first-order valence-corrected chi connectivity index (χ1v) is 8.98. The molecule has 0 radical (unpaired) electrons. The summed E-state index contributed by atoms with van der Waals surface area (Å²) in [5.74, 6) is -0.107. The summed E-state index contributed by atoms with van der Waals surface area (Å²) >= 11 is 6.14. The van der Waals surface area contributed by atoms with E-state index in [-0.39, 0.29) is 23.4 Å². The fourth-order valence-corrected chi connectivity index (χ4v) is 3.24. The van der Waals surface area contributed by atoms with Crippen molar-refractivity contribution in [2.75, 3.05) is 0 Å². The fraction of sp³-hybridized carbons (Fsp3) is 0.0476. The van der Waals surface area contributed by atoms with Gasteiger partial charge in [-0.1, -0.05) is 29.8 Å². The SMILES string of the molecule is O=C1c2ccc(Oc3ccc([N+](=O)[O-])cc3)cc2C(=O)N1Cc1ccccc1Cl. The van der Waals surface area contributed by atoms with E-state index in [1.165, 1.54) is 36.4 Å². The molecular weight excluding hydrogens is 396 g/mol. The molecule has 1 aliphatic rings. The molecule has 4 rings (SSSR count). The van der Waals surface area contributed by atoms with E-state index in [9.17, 15) is 19.7 Å². The lowest BCUT2D eigenvalue weighted by atomic mass is 10.1. The maximum atomic E-state index is 12.8.